The number of nitrogens with zero attached hydrogens (tertiary/aromatic N) is 2. The number of benzene rings is 1. The minimum atomic E-state index is 0.953. The highest BCUT2D eigenvalue weighted by Gasteiger charge is 2.11. The Morgan fingerprint density at radius 3 is 2.91 bits per heavy atom. The van der Waals surface area contributed by atoms with Gasteiger partial charge in [0.05, 0.1) is 5.52 Å². The van der Waals surface area contributed by atoms with Crippen molar-refractivity contribution in [2.24, 2.45) is 0 Å². The SMILES string of the molecule is CCCc1c[nH]c2nccc(-c3cnc4ccccc4c3)c12. The van der Waals surface area contributed by atoms with Gasteiger partial charge in [-0.1, -0.05) is 31.5 Å². The van der Waals surface area contributed by atoms with Crippen LogP contribution in [0.25, 0.3) is 33.1 Å². The number of para-hydroxylation sites is 1. The Labute approximate surface area is 129 Å². The molecule has 3 aromatic heterocycles. The van der Waals surface area contributed by atoms with Gasteiger partial charge in [-0.2, -0.15) is 0 Å². The van der Waals surface area contributed by atoms with Crippen molar-refractivity contribution < 1.29 is 0 Å². The van der Waals surface area contributed by atoms with Crippen molar-refractivity contribution in [3.63, 3.8) is 0 Å². The summed E-state index contributed by atoms with van der Waals surface area (Å²) in [5.41, 5.74) is 5.65. The number of aryl methyl sites for hydroxylation is 1. The first-order valence-electron chi connectivity index (χ1n) is 7.67. The van der Waals surface area contributed by atoms with E-state index in [1.807, 2.05) is 24.5 Å². The maximum atomic E-state index is 4.59. The van der Waals surface area contributed by atoms with Crippen molar-refractivity contribution >= 4 is 21.9 Å². The summed E-state index contributed by atoms with van der Waals surface area (Å²) in [5.74, 6) is 0. The van der Waals surface area contributed by atoms with Gasteiger partial charge in [-0.05, 0) is 35.7 Å². The monoisotopic (exact) mass is 287 g/mol. The zero-order valence-electron chi connectivity index (χ0n) is 12.5. The van der Waals surface area contributed by atoms with Crippen LogP contribution in [-0.2, 0) is 6.42 Å². The first-order chi connectivity index (χ1) is 10.9. The summed E-state index contributed by atoms with van der Waals surface area (Å²) in [6.07, 6.45) is 8.08. The van der Waals surface area contributed by atoms with E-state index < -0.39 is 0 Å². The Kier molecular flexibility index (Phi) is 3.11. The van der Waals surface area contributed by atoms with Gasteiger partial charge >= 0.3 is 0 Å². The third kappa shape index (κ3) is 2.06. The highest BCUT2D eigenvalue weighted by Crippen LogP contribution is 2.31. The third-order valence-corrected chi connectivity index (χ3v) is 4.08. The van der Waals surface area contributed by atoms with Crippen molar-refractivity contribution in [2.45, 2.75) is 19.8 Å². The molecule has 0 unspecified atom stereocenters. The molecule has 0 radical (unpaired) electrons. The lowest BCUT2D eigenvalue weighted by Crippen LogP contribution is -1.88. The van der Waals surface area contributed by atoms with Crippen LogP contribution in [0.4, 0.5) is 0 Å². The van der Waals surface area contributed by atoms with E-state index in [9.17, 15) is 0 Å². The molecule has 22 heavy (non-hydrogen) atoms. The van der Waals surface area contributed by atoms with Gasteiger partial charge in [-0.3, -0.25) is 4.98 Å². The molecule has 4 rings (SSSR count). The molecule has 0 aliphatic heterocycles. The quantitative estimate of drug-likeness (QED) is 0.592. The van der Waals surface area contributed by atoms with E-state index in [2.05, 4.69) is 52.3 Å². The molecule has 108 valence electrons. The lowest BCUT2D eigenvalue weighted by atomic mass is 10.00. The summed E-state index contributed by atoms with van der Waals surface area (Å²) in [5, 5.41) is 2.39. The molecule has 0 bridgehead atoms. The van der Waals surface area contributed by atoms with Gasteiger partial charge < -0.3 is 4.98 Å². The lowest BCUT2D eigenvalue weighted by molar-refractivity contribution is 0.929. The fraction of sp³-hybridized carbons (Fsp3) is 0.158. The molecule has 0 saturated carbocycles. The number of aromatic amines is 1. The molecule has 0 atom stereocenters. The average Bonchev–Trinajstić information content (AvgIpc) is 2.98. The number of nitrogens with one attached hydrogen (secondary N) is 1. The zero-order valence-corrected chi connectivity index (χ0v) is 12.5. The van der Waals surface area contributed by atoms with Gasteiger partial charge in [0, 0.05) is 34.9 Å². The molecule has 0 aliphatic rings. The van der Waals surface area contributed by atoms with Crippen LogP contribution in [0, 0.1) is 0 Å². The van der Waals surface area contributed by atoms with Gasteiger partial charge in [0.1, 0.15) is 5.65 Å². The van der Waals surface area contributed by atoms with E-state index >= 15 is 0 Å². The summed E-state index contributed by atoms with van der Waals surface area (Å²) in [6, 6.07) is 12.5. The van der Waals surface area contributed by atoms with Crippen molar-refractivity contribution in [3.8, 4) is 11.1 Å². The molecular formula is C19H17N3. The number of rotatable bonds is 3. The van der Waals surface area contributed by atoms with E-state index in [1.165, 1.54) is 16.5 Å². The van der Waals surface area contributed by atoms with Crippen LogP contribution in [0.15, 0.2) is 55.0 Å². The Balaban J connectivity index is 1.96. The second kappa shape index (κ2) is 5.26. The first-order valence-corrected chi connectivity index (χ1v) is 7.67. The number of aromatic nitrogens is 3. The van der Waals surface area contributed by atoms with Crippen molar-refractivity contribution in [1.29, 1.82) is 0 Å². The zero-order chi connectivity index (χ0) is 14.9. The number of pyridine rings is 2. The maximum absolute atomic E-state index is 4.59. The van der Waals surface area contributed by atoms with Crippen LogP contribution in [-0.4, -0.2) is 15.0 Å². The van der Waals surface area contributed by atoms with Gasteiger partial charge in [0.25, 0.3) is 0 Å². The summed E-state index contributed by atoms with van der Waals surface area (Å²) < 4.78 is 0. The molecule has 3 nitrogen and oxygen atoms in total. The predicted molar refractivity (Wildman–Crippen MR) is 90.8 cm³/mol. The molecule has 4 aromatic rings. The van der Waals surface area contributed by atoms with Crippen LogP contribution >= 0.6 is 0 Å². The highest BCUT2D eigenvalue weighted by atomic mass is 14.8. The fourth-order valence-corrected chi connectivity index (χ4v) is 3.05. The summed E-state index contributed by atoms with van der Waals surface area (Å²) in [6.45, 7) is 2.20. The number of fused-ring (bicyclic) bond motifs is 2. The van der Waals surface area contributed by atoms with Gasteiger partial charge in [0.15, 0.2) is 0 Å². The fourth-order valence-electron chi connectivity index (χ4n) is 3.05. The van der Waals surface area contributed by atoms with Crippen molar-refractivity contribution in [1.82, 2.24) is 15.0 Å². The largest absolute Gasteiger partial charge is 0.346 e. The molecule has 0 amide bonds. The highest BCUT2D eigenvalue weighted by molar-refractivity contribution is 5.97. The Morgan fingerprint density at radius 2 is 2.00 bits per heavy atom. The second-order valence-corrected chi connectivity index (χ2v) is 5.56. The van der Waals surface area contributed by atoms with Crippen molar-refractivity contribution in [2.75, 3.05) is 0 Å². The van der Waals surface area contributed by atoms with Gasteiger partial charge in [-0.15, -0.1) is 0 Å². The van der Waals surface area contributed by atoms with Crippen LogP contribution in [0.3, 0.4) is 0 Å². The molecule has 3 heteroatoms. The Morgan fingerprint density at radius 1 is 1.09 bits per heavy atom. The summed E-state index contributed by atoms with van der Waals surface area (Å²) >= 11 is 0. The molecule has 0 spiro atoms. The topological polar surface area (TPSA) is 41.6 Å². The summed E-state index contributed by atoms with van der Waals surface area (Å²) in [7, 11) is 0. The van der Waals surface area contributed by atoms with E-state index in [0.29, 0.717) is 0 Å². The molecule has 0 saturated heterocycles. The van der Waals surface area contributed by atoms with E-state index in [0.717, 1.165) is 35.0 Å². The minimum Gasteiger partial charge on any atom is -0.346 e. The van der Waals surface area contributed by atoms with Crippen LogP contribution in [0.2, 0.25) is 0 Å². The molecular weight excluding hydrogens is 270 g/mol. The van der Waals surface area contributed by atoms with Crippen LogP contribution in [0.1, 0.15) is 18.9 Å². The maximum Gasteiger partial charge on any atom is 0.138 e. The number of H-pyrrole nitrogens is 1. The smallest absolute Gasteiger partial charge is 0.138 e. The molecule has 3 heterocycles. The predicted octanol–water partition coefficient (Wildman–Crippen LogP) is 4.73. The number of hydrogen-bond acceptors (Lipinski definition) is 2. The first kappa shape index (κ1) is 13.0. The van der Waals surface area contributed by atoms with Crippen molar-refractivity contribution in [3.05, 3.63) is 60.6 Å². The van der Waals surface area contributed by atoms with Crippen LogP contribution in [0.5, 0.6) is 0 Å². The Bertz CT molecular complexity index is 953. The molecule has 1 aromatic carbocycles. The Hall–Kier alpha value is -2.68. The minimum absolute atomic E-state index is 0.953. The normalized spacial score (nSPS) is 11.3. The summed E-state index contributed by atoms with van der Waals surface area (Å²) in [4.78, 5) is 12.3. The molecule has 0 fully saturated rings. The van der Waals surface area contributed by atoms with E-state index in [-0.39, 0.29) is 0 Å². The van der Waals surface area contributed by atoms with Gasteiger partial charge in [0.2, 0.25) is 0 Å². The third-order valence-electron chi connectivity index (χ3n) is 4.08. The van der Waals surface area contributed by atoms with E-state index in [1.54, 1.807) is 0 Å². The number of hydrogen-bond donors (Lipinski definition) is 1. The van der Waals surface area contributed by atoms with Crippen LogP contribution < -0.4 is 0 Å². The standard InChI is InChI=1S/C19H17N3/c1-2-5-14-11-22-19-18(14)16(8-9-20-19)15-10-13-6-3-4-7-17(13)21-12-15/h3-4,6-12H,2,5H2,1H3,(H,20,22). The van der Waals surface area contributed by atoms with E-state index in [4.69, 9.17) is 0 Å². The average molecular weight is 287 g/mol. The van der Waals surface area contributed by atoms with Gasteiger partial charge in [-0.25, -0.2) is 4.98 Å². The second-order valence-electron chi connectivity index (χ2n) is 5.56. The molecule has 0 aliphatic carbocycles. The molecule has 1 N–H and O–H groups in total. The lowest BCUT2D eigenvalue weighted by Gasteiger charge is -2.07.